The van der Waals surface area contributed by atoms with Crippen LogP contribution in [0.15, 0.2) is 30.5 Å². The first-order valence-corrected chi connectivity index (χ1v) is 6.19. The van der Waals surface area contributed by atoms with Crippen LogP contribution >= 0.6 is 0 Å². The molecule has 0 aliphatic carbocycles. The molecule has 96 valence electrons. The molecule has 0 radical (unpaired) electrons. The second kappa shape index (κ2) is 4.16. The number of nitrogens with zero attached hydrogens (tertiary/aromatic N) is 1. The number of hydrogen-bond donors (Lipinski definition) is 1. The minimum absolute atomic E-state index is 0.313. The number of hydrogen-bond acceptors (Lipinski definition) is 1. The van der Waals surface area contributed by atoms with Gasteiger partial charge in [-0.15, -0.1) is 0 Å². The quantitative estimate of drug-likeness (QED) is 0.898. The van der Waals surface area contributed by atoms with Crippen molar-refractivity contribution in [3.05, 3.63) is 36.0 Å². The molecule has 0 amide bonds. The summed E-state index contributed by atoms with van der Waals surface area (Å²) in [6.07, 6.45) is 2.02. The van der Waals surface area contributed by atoms with Gasteiger partial charge in [0.15, 0.2) is 0 Å². The number of rotatable bonds is 3. The second-order valence-electron chi connectivity index (χ2n) is 5.49. The van der Waals surface area contributed by atoms with Crippen molar-refractivity contribution < 1.29 is 9.90 Å². The molecule has 1 aromatic heterocycles. The van der Waals surface area contributed by atoms with Gasteiger partial charge >= 0.3 is 5.97 Å². The monoisotopic (exact) mass is 245 g/mol. The first-order valence-electron chi connectivity index (χ1n) is 6.19. The van der Waals surface area contributed by atoms with Crippen LogP contribution in [0.2, 0.25) is 0 Å². The topological polar surface area (TPSA) is 42.2 Å². The third-order valence-electron chi connectivity index (χ3n) is 3.50. The van der Waals surface area contributed by atoms with E-state index in [4.69, 9.17) is 0 Å². The Bertz CT molecular complexity index is 594. The highest BCUT2D eigenvalue weighted by atomic mass is 16.4. The van der Waals surface area contributed by atoms with Gasteiger partial charge in [0.2, 0.25) is 0 Å². The molecule has 1 heterocycles. The summed E-state index contributed by atoms with van der Waals surface area (Å²) in [5.74, 6) is -0.800. The number of para-hydroxylation sites is 1. The number of carboxylic acids is 1. The van der Waals surface area contributed by atoms with Crippen molar-refractivity contribution in [2.45, 2.75) is 39.2 Å². The van der Waals surface area contributed by atoms with E-state index in [9.17, 15) is 9.90 Å². The molecule has 2 aromatic rings. The van der Waals surface area contributed by atoms with Gasteiger partial charge in [0.25, 0.3) is 0 Å². The van der Waals surface area contributed by atoms with E-state index in [-0.39, 0.29) is 0 Å². The number of aliphatic carboxylic acids is 1. The zero-order valence-corrected chi connectivity index (χ0v) is 11.3. The molecule has 0 fully saturated rings. The minimum atomic E-state index is -0.884. The summed E-state index contributed by atoms with van der Waals surface area (Å²) < 4.78 is 2.13. The smallest absolute Gasteiger partial charge is 0.313 e. The number of aromatic nitrogens is 1. The lowest BCUT2D eigenvalue weighted by atomic mass is 9.83. The summed E-state index contributed by atoms with van der Waals surface area (Å²) in [5, 5.41) is 10.5. The van der Waals surface area contributed by atoms with E-state index in [0.717, 1.165) is 16.5 Å². The lowest BCUT2D eigenvalue weighted by Gasteiger charge is -2.23. The van der Waals surface area contributed by atoms with Gasteiger partial charge in [-0.2, -0.15) is 0 Å². The molecular weight excluding hydrogens is 226 g/mol. The van der Waals surface area contributed by atoms with Gasteiger partial charge in [0.05, 0.1) is 10.9 Å². The Morgan fingerprint density at radius 2 is 1.94 bits per heavy atom. The van der Waals surface area contributed by atoms with Crippen molar-refractivity contribution in [1.82, 2.24) is 4.57 Å². The van der Waals surface area contributed by atoms with E-state index in [1.54, 1.807) is 13.8 Å². The maximum absolute atomic E-state index is 11.5. The molecule has 0 saturated heterocycles. The van der Waals surface area contributed by atoms with Gasteiger partial charge < -0.3 is 9.67 Å². The van der Waals surface area contributed by atoms with Gasteiger partial charge in [0.1, 0.15) is 0 Å². The van der Waals surface area contributed by atoms with Crippen LogP contribution < -0.4 is 0 Å². The van der Waals surface area contributed by atoms with Crippen LogP contribution in [-0.4, -0.2) is 15.6 Å². The van der Waals surface area contributed by atoms with E-state index in [1.165, 1.54) is 0 Å². The highest BCUT2D eigenvalue weighted by Crippen LogP contribution is 2.32. The zero-order chi connectivity index (χ0) is 13.5. The molecule has 0 unspecified atom stereocenters. The van der Waals surface area contributed by atoms with Gasteiger partial charge in [-0.05, 0) is 44.7 Å². The van der Waals surface area contributed by atoms with Crippen LogP contribution in [0.1, 0.15) is 39.3 Å². The van der Waals surface area contributed by atoms with Crippen molar-refractivity contribution in [1.29, 1.82) is 0 Å². The minimum Gasteiger partial charge on any atom is -0.481 e. The van der Waals surface area contributed by atoms with Gasteiger partial charge in [-0.25, -0.2) is 0 Å². The van der Waals surface area contributed by atoms with E-state index in [0.29, 0.717) is 6.04 Å². The fourth-order valence-electron chi connectivity index (χ4n) is 2.27. The van der Waals surface area contributed by atoms with Gasteiger partial charge in [-0.1, -0.05) is 18.2 Å². The number of carboxylic acid groups (broad SMARTS) is 1. The van der Waals surface area contributed by atoms with E-state index >= 15 is 0 Å². The zero-order valence-electron chi connectivity index (χ0n) is 11.3. The molecule has 0 aliphatic heterocycles. The number of benzene rings is 1. The molecular formula is C15H19NO2. The predicted molar refractivity (Wildman–Crippen MR) is 73.0 cm³/mol. The summed E-state index contributed by atoms with van der Waals surface area (Å²) >= 11 is 0. The summed E-state index contributed by atoms with van der Waals surface area (Å²) in [5.41, 5.74) is 1.01. The highest BCUT2D eigenvalue weighted by Gasteiger charge is 2.32. The first-order chi connectivity index (χ1) is 8.35. The van der Waals surface area contributed by atoms with Crippen molar-refractivity contribution in [3.8, 4) is 0 Å². The van der Waals surface area contributed by atoms with Crippen LogP contribution in [0.5, 0.6) is 0 Å². The molecule has 0 spiro atoms. The van der Waals surface area contributed by atoms with Crippen LogP contribution in [0.25, 0.3) is 10.9 Å². The molecule has 0 atom stereocenters. The summed E-state index contributed by atoms with van der Waals surface area (Å²) in [6, 6.07) is 8.21. The second-order valence-corrected chi connectivity index (χ2v) is 5.49. The van der Waals surface area contributed by atoms with E-state index in [1.807, 2.05) is 30.5 Å². The van der Waals surface area contributed by atoms with Crippen molar-refractivity contribution >= 4 is 16.9 Å². The van der Waals surface area contributed by atoms with Gasteiger partial charge in [0, 0.05) is 12.2 Å². The van der Waals surface area contributed by atoms with Crippen LogP contribution in [0.4, 0.5) is 0 Å². The molecule has 3 heteroatoms. The molecule has 0 bridgehead atoms. The Labute approximate surface area is 107 Å². The number of carbonyl (C=O) groups is 1. The molecule has 18 heavy (non-hydrogen) atoms. The molecule has 0 aliphatic rings. The lowest BCUT2D eigenvalue weighted by molar-refractivity contribution is -0.142. The molecule has 1 aromatic carbocycles. The predicted octanol–water partition coefficient (Wildman–Crippen LogP) is 3.58. The Balaban J connectivity index is 2.79. The van der Waals surface area contributed by atoms with E-state index in [2.05, 4.69) is 18.4 Å². The summed E-state index contributed by atoms with van der Waals surface area (Å²) in [7, 11) is 0. The Morgan fingerprint density at radius 3 is 2.50 bits per heavy atom. The normalized spacial score (nSPS) is 12.3. The first kappa shape index (κ1) is 12.7. The third kappa shape index (κ3) is 1.80. The summed E-state index contributed by atoms with van der Waals surface area (Å²) in [4.78, 5) is 11.5. The largest absolute Gasteiger partial charge is 0.481 e. The average molecular weight is 245 g/mol. The van der Waals surface area contributed by atoms with Gasteiger partial charge in [-0.3, -0.25) is 4.79 Å². The molecule has 2 rings (SSSR count). The lowest BCUT2D eigenvalue weighted by Crippen LogP contribution is -2.29. The molecule has 3 nitrogen and oxygen atoms in total. The maximum Gasteiger partial charge on any atom is 0.313 e. The highest BCUT2D eigenvalue weighted by molar-refractivity contribution is 5.91. The molecule has 0 saturated carbocycles. The third-order valence-corrected chi connectivity index (χ3v) is 3.50. The average Bonchev–Trinajstić information content (AvgIpc) is 2.71. The fourth-order valence-corrected chi connectivity index (χ4v) is 2.27. The van der Waals surface area contributed by atoms with E-state index < -0.39 is 11.4 Å². The number of fused-ring (bicyclic) bond motifs is 1. The van der Waals surface area contributed by atoms with Crippen molar-refractivity contribution in [2.24, 2.45) is 0 Å². The van der Waals surface area contributed by atoms with Crippen molar-refractivity contribution in [2.75, 3.05) is 0 Å². The van der Waals surface area contributed by atoms with Crippen LogP contribution in [0.3, 0.4) is 0 Å². The van der Waals surface area contributed by atoms with Crippen LogP contribution in [-0.2, 0) is 10.2 Å². The molecule has 1 N–H and O–H groups in total. The van der Waals surface area contributed by atoms with Crippen LogP contribution in [0, 0.1) is 0 Å². The maximum atomic E-state index is 11.5. The summed E-state index contributed by atoms with van der Waals surface area (Å²) in [6.45, 7) is 7.71. The SMILES string of the molecule is CC(C)n1ccc2cccc(C(C)(C)C(=O)O)c21. The Morgan fingerprint density at radius 1 is 1.28 bits per heavy atom. The Kier molecular flexibility index (Phi) is 2.93. The fraction of sp³-hybridized carbons (Fsp3) is 0.400. The van der Waals surface area contributed by atoms with Crippen molar-refractivity contribution in [3.63, 3.8) is 0 Å². The Hall–Kier alpha value is -1.77. The standard InChI is InChI=1S/C15H19NO2/c1-10(2)16-9-8-11-6-5-7-12(13(11)16)15(3,4)14(17)18/h5-10H,1-4H3,(H,17,18).